The highest BCUT2D eigenvalue weighted by Gasteiger charge is 2.15. The third-order valence-corrected chi connectivity index (χ3v) is 6.27. The molecule has 0 saturated heterocycles. The Morgan fingerprint density at radius 3 is 2.79 bits per heavy atom. The van der Waals surface area contributed by atoms with Gasteiger partial charge in [-0.05, 0) is 24.6 Å². The van der Waals surface area contributed by atoms with Crippen LogP contribution in [0.1, 0.15) is 5.56 Å². The van der Waals surface area contributed by atoms with E-state index in [4.69, 9.17) is 4.74 Å². The van der Waals surface area contributed by atoms with Crippen molar-refractivity contribution < 1.29 is 9.53 Å². The summed E-state index contributed by atoms with van der Waals surface area (Å²) in [4.78, 5) is 22.2. The maximum atomic E-state index is 12.4. The summed E-state index contributed by atoms with van der Waals surface area (Å²) < 4.78 is 5.20. The molecule has 0 spiro atoms. The maximum Gasteiger partial charge on any atom is 0.234 e. The zero-order chi connectivity index (χ0) is 20.2. The lowest BCUT2D eigenvalue weighted by Crippen LogP contribution is -2.14. The first kappa shape index (κ1) is 19.4. The van der Waals surface area contributed by atoms with Crippen molar-refractivity contribution in [3.8, 4) is 16.9 Å². The summed E-state index contributed by atoms with van der Waals surface area (Å²) in [6.07, 6.45) is 1.56. The number of carbonyl (C=O) groups is 1. The van der Waals surface area contributed by atoms with Crippen LogP contribution in [0.3, 0.4) is 0 Å². The van der Waals surface area contributed by atoms with E-state index < -0.39 is 0 Å². The molecular formula is C22H19N3O2S2. The van der Waals surface area contributed by atoms with Crippen LogP contribution in [0.25, 0.3) is 21.3 Å². The zero-order valence-electron chi connectivity index (χ0n) is 16.0. The normalized spacial score (nSPS) is 10.8. The fraction of sp³-hybridized carbons (Fsp3) is 0.136. The second-order valence-electron chi connectivity index (χ2n) is 6.44. The highest BCUT2D eigenvalue weighted by Crippen LogP contribution is 2.37. The number of nitrogens with one attached hydrogen (secondary N) is 1. The summed E-state index contributed by atoms with van der Waals surface area (Å²) in [6.45, 7) is 2.07. The Labute approximate surface area is 177 Å². The fourth-order valence-corrected chi connectivity index (χ4v) is 4.73. The van der Waals surface area contributed by atoms with Crippen molar-refractivity contribution in [2.75, 3.05) is 18.2 Å². The number of hydrogen-bond acceptors (Lipinski definition) is 6. The Hall–Kier alpha value is -2.90. The first-order valence-corrected chi connectivity index (χ1v) is 10.9. The van der Waals surface area contributed by atoms with E-state index in [9.17, 15) is 4.79 Å². The monoisotopic (exact) mass is 421 g/mol. The number of nitrogens with zero attached hydrogens (tertiary/aromatic N) is 2. The average Bonchev–Trinajstić information content (AvgIpc) is 3.18. The number of ether oxygens (including phenoxy) is 1. The second-order valence-corrected chi connectivity index (χ2v) is 8.27. The van der Waals surface area contributed by atoms with Crippen LogP contribution >= 0.6 is 23.1 Å². The van der Waals surface area contributed by atoms with Gasteiger partial charge in [0.15, 0.2) is 0 Å². The minimum Gasteiger partial charge on any atom is -0.497 e. The number of aromatic nitrogens is 2. The van der Waals surface area contributed by atoms with Crippen molar-refractivity contribution in [1.82, 2.24) is 9.97 Å². The number of benzene rings is 2. The number of aryl methyl sites for hydroxylation is 1. The highest BCUT2D eigenvalue weighted by atomic mass is 32.2. The molecule has 2 aromatic heterocycles. The molecule has 0 aliphatic rings. The van der Waals surface area contributed by atoms with Crippen molar-refractivity contribution in [3.63, 3.8) is 0 Å². The molecule has 4 rings (SSSR count). The summed E-state index contributed by atoms with van der Waals surface area (Å²) in [7, 11) is 1.60. The maximum absolute atomic E-state index is 12.4. The van der Waals surface area contributed by atoms with Crippen LogP contribution in [0.2, 0.25) is 0 Å². The van der Waals surface area contributed by atoms with Crippen LogP contribution in [0, 0.1) is 6.92 Å². The number of thioether (sulfide) groups is 1. The summed E-state index contributed by atoms with van der Waals surface area (Å²) in [5, 5.41) is 6.82. The van der Waals surface area contributed by atoms with Gasteiger partial charge in [0.2, 0.25) is 5.91 Å². The Bertz CT molecular complexity index is 1160. The van der Waals surface area contributed by atoms with Gasteiger partial charge in [0, 0.05) is 22.7 Å². The average molecular weight is 422 g/mol. The first-order valence-electron chi connectivity index (χ1n) is 9.00. The molecule has 0 saturated carbocycles. The highest BCUT2D eigenvalue weighted by molar-refractivity contribution is 8.00. The van der Waals surface area contributed by atoms with Crippen molar-refractivity contribution in [2.45, 2.75) is 11.9 Å². The van der Waals surface area contributed by atoms with Crippen molar-refractivity contribution >= 4 is 44.9 Å². The summed E-state index contributed by atoms with van der Waals surface area (Å²) >= 11 is 3.01. The number of amides is 1. The van der Waals surface area contributed by atoms with Gasteiger partial charge >= 0.3 is 0 Å². The fourth-order valence-electron chi connectivity index (χ4n) is 2.93. The molecule has 0 atom stereocenters. The minimum atomic E-state index is -0.0952. The van der Waals surface area contributed by atoms with Gasteiger partial charge in [-0.25, -0.2) is 9.97 Å². The third-order valence-electron chi connectivity index (χ3n) is 4.39. The minimum absolute atomic E-state index is 0.0952. The molecule has 5 nitrogen and oxygen atoms in total. The lowest BCUT2D eigenvalue weighted by atomic mass is 10.1. The van der Waals surface area contributed by atoms with Gasteiger partial charge in [0.25, 0.3) is 0 Å². The number of fused-ring (bicyclic) bond motifs is 1. The van der Waals surface area contributed by atoms with Crippen molar-refractivity contribution in [2.24, 2.45) is 0 Å². The summed E-state index contributed by atoms with van der Waals surface area (Å²) in [6, 6.07) is 15.7. The van der Waals surface area contributed by atoms with E-state index in [1.807, 2.05) is 18.2 Å². The van der Waals surface area contributed by atoms with Crippen LogP contribution < -0.4 is 10.1 Å². The standard InChI is InChI=1S/C22H19N3O2S2/c1-14-6-8-15(9-7-14)18-11-28-21-20(18)22(24-13-23-21)29-12-19(26)25-16-4-3-5-17(10-16)27-2/h3-11,13H,12H2,1-2H3,(H,25,26). The molecule has 1 N–H and O–H groups in total. The number of carbonyl (C=O) groups excluding carboxylic acids is 1. The van der Waals surface area contributed by atoms with E-state index >= 15 is 0 Å². The lowest BCUT2D eigenvalue weighted by molar-refractivity contribution is -0.113. The summed E-state index contributed by atoms with van der Waals surface area (Å²) in [5.41, 5.74) is 4.15. The van der Waals surface area contributed by atoms with E-state index in [1.54, 1.807) is 30.8 Å². The van der Waals surface area contributed by atoms with Crippen LogP contribution in [-0.2, 0) is 4.79 Å². The molecule has 2 aromatic carbocycles. The van der Waals surface area contributed by atoms with Gasteiger partial charge < -0.3 is 10.1 Å². The van der Waals surface area contributed by atoms with Crippen LogP contribution in [-0.4, -0.2) is 28.7 Å². The van der Waals surface area contributed by atoms with E-state index in [-0.39, 0.29) is 11.7 Å². The number of rotatable bonds is 6. The molecule has 2 heterocycles. The number of anilines is 1. The lowest BCUT2D eigenvalue weighted by Gasteiger charge is -2.08. The summed E-state index contributed by atoms with van der Waals surface area (Å²) in [5.74, 6) is 0.864. The van der Waals surface area contributed by atoms with Crippen LogP contribution in [0.4, 0.5) is 5.69 Å². The molecule has 146 valence electrons. The van der Waals surface area contributed by atoms with Crippen LogP contribution in [0.5, 0.6) is 5.75 Å². The smallest absolute Gasteiger partial charge is 0.234 e. The quantitative estimate of drug-likeness (QED) is 0.333. The SMILES string of the molecule is COc1cccc(NC(=O)CSc2ncnc3scc(-c4ccc(C)cc4)c23)c1. The van der Waals surface area contributed by atoms with Gasteiger partial charge in [-0.15, -0.1) is 11.3 Å². The van der Waals surface area contributed by atoms with E-state index in [1.165, 1.54) is 17.3 Å². The molecule has 0 bridgehead atoms. The third kappa shape index (κ3) is 4.41. The van der Waals surface area contributed by atoms with Crippen molar-refractivity contribution in [3.05, 3.63) is 65.8 Å². The zero-order valence-corrected chi connectivity index (χ0v) is 17.6. The Morgan fingerprint density at radius 1 is 1.17 bits per heavy atom. The van der Waals surface area contributed by atoms with E-state index in [0.717, 1.165) is 26.4 Å². The van der Waals surface area contributed by atoms with Crippen LogP contribution in [0.15, 0.2) is 65.3 Å². The van der Waals surface area contributed by atoms with Crippen molar-refractivity contribution in [1.29, 1.82) is 0 Å². The molecule has 0 fully saturated rings. The molecule has 0 aliphatic carbocycles. The number of thiophene rings is 1. The second kappa shape index (κ2) is 8.63. The first-order chi connectivity index (χ1) is 14.1. The Kier molecular flexibility index (Phi) is 5.78. The van der Waals surface area contributed by atoms with Gasteiger partial charge in [0.05, 0.1) is 18.2 Å². The molecule has 29 heavy (non-hydrogen) atoms. The molecule has 7 heteroatoms. The van der Waals surface area contributed by atoms with Gasteiger partial charge in [-0.3, -0.25) is 4.79 Å². The number of methoxy groups -OCH3 is 1. The largest absolute Gasteiger partial charge is 0.497 e. The molecule has 0 unspecified atom stereocenters. The predicted octanol–water partition coefficient (Wildman–Crippen LogP) is 5.41. The molecule has 0 radical (unpaired) electrons. The number of hydrogen-bond donors (Lipinski definition) is 1. The Balaban J connectivity index is 1.54. The molecule has 4 aromatic rings. The molecule has 0 aliphatic heterocycles. The van der Waals surface area contributed by atoms with E-state index in [0.29, 0.717) is 11.4 Å². The molecular weight excluding hydrogens is 402 g/mol. The predicted molar refractivity (Wildman–Crippen MR) is 120 cm³/mol. The Morgan fingerprint density at radius 2 is 2.00 bits per heavy atom. The topological polar surface area (TPSA) is 64.1 Å². The molecule has 1 amide bonds. The van der Waals surface area contributed by atoms with Gasteiger partial charge in [-0.2, -0.15) is 0 Å². The van der Waals surface area contributed by atoms with E-state index in [2.05, 4.69) is 51.9 Å². The van der Waals surface area contributed by atoms with Gasteiger partial charge in [-0.1, -0.05) is 47.7 Å². The van der Waals surface area contributed by atoms with Gasteiger partial charge in [0.1, 0.15) is 21.9 Å².